The average Bonchev–Trinajstić information content (AvgIpc) is 2.67. The van der Waals surface area contributed by atoms with Crippen molar-refractivity contribution in [2.45, 2.75) is 26.7 Å². The molecule has 27 heavy (non-hydrogen) atoms. The monoisotopic (exact) mass is 371 g/mol. The molecule has 1 amide bonds. The molecule has 0 bridgehead atoms. The number of esters is 1. The van der Waals surface area contributed by atoms with Crippen molar-refractivity contribution in [3.63, 3.8) is 0 Å². The van der Waals surface area contributed by atoms with Gasteiger partial charge < -0.3 is 19.5 Å². The smallest absolute Gasteiger partial charge is 0.338 e. The van der Waals surface area contributed by atoms with Crippen LogP contribution in [-0.4, -0.2) is 32.2 Å². The molecular formula is C21H25NO5. The molecule has 0 saturated carbocycles. The predicted molar refractivity (Wildman–Crippen MR) is 103 cm³/mol. The number of hydrogen-bond donors (Lipinski definition) is 1. The van der Waals surface area contributed by atoms with Gasteiger partial charge >= 0.3 is 5.97 Å². The summed E-state index contributed by atoms with van der Waals surface area (Å²) >= 11 is 0. The van der Waals surface area contributed by atoms with Crippen molar-refractivity contribution in [1.82, 2.24) is 0 Å². The molecule has 6 nitrogen and oxygen atoms in total. The lowest BCUT2D eigenvalue weighted by atomic mass is 10.1. The lowest BCUT2D eigenvalue weighted by molar-refractivity contribution is -0.116. The van der Waals surface area contributed by atoms with Gasteiger partial charge in [0.1, 0.15) is 11.5 Å². The maximum Gasteiger partial charge on any atom is 0.338 e. The van der Waals surface area contributed by atoms with Gasteiger partial charge in [0.15, 0.2) is 0 Å². The van der Waals surface area contributed by atoms with Crippen molar-refractivity contribution in [1.29, 1.82) is 0 Å². The maximum atomic E-state index is 12.1. The van der Waals surface area contributed by atoms with Crippen LogP contribution in [0.3, 0.4) is 0 Å². The first-order chi connectivity index (χ1) is 13.0. The van der Waals surface area contributed by atoms with E-state index in [2.05, 4.69) is 5.32 Å². The molecule has 144 valence electrons. The minimum Gasteiger partial charge on any atom is -0.497 e. The molecule has 2 aromatic carbocycles. The van der Waals surface area contributed by atoms with E-state index in [1.165, 1.54) is 0 Å². The minimum absolute atomic E-state index is 0.0969. The fourth-order valence-electron chi connectivity index (χ4n) is 2.45. The second kappa shape index (κ2) is 10.2. The summed E-state index contributed by atoms with van der Waals surface area (Å²) in [6, 6.07) is 12.4. The number of nitrogens with one attached hydrogen (secondary N) is 1. The van der Waals surface area contributed by atoms with Crippen molar-refractivity contribution in [3.05, 3.63) is 53.6 Å². The number of ether oxygens (including phenoxy) is 3. The number of benzene rings is 2. The first-order valence-electron chi connectivity index (χ1n) is 8.88. The summed E-state index contributed by atoms with van der Waals surface area (Å²) in [7, 11) is 1.61. The largest absolute Gasteiger partial charge is 0.497 e. The molecule has 6 heteroatoms. The SMILES string of the molecule is CCOC(=O)c1ccc(NC(=O)CCCOc2ccc(OC)cc2)c(C)c1. The number of carbonyl (C=O) groups is 2. The maximum absolute atomic E-state index is 12.1. The molecular weight excluding hydrogens is 346 g/mol. The third-order valence-electron chi connectivity index (χ3n) is 3.89. The van der Waals surface area contributed by atoms with Gasteiger partial charge in [0, 0.05) is 12.1 Å². The highest BCUT2D eigenvalue weighted by Crippen LogP contribution is 2.19. The molecule has 0 atom stereocenters. The summed E-state index contributed by atoms with van der Waals surface area (Å²) in [5.41, 5.74) is 1.97. The normalized spacial score (nSPS) is 10.2. The van der Waals surface area contributed by atoms with Crippen LogP contribution in [0.25, 0.3) is 0 Å². The molecule has 0 aliphatic carbocycles. The van der Waals surface area contributed by atoms with E-state index in [1.807, 2.05) is 31.2 Å². The Labute approximate surface area is 159 Å². The Bertz CT molecular complexity index is 771. The van der Waals surface area contributed by atoms with Gasteiger partial charge in [-0.25, -0.2) is 4.79 Å². The van der Waals surface area contributed by atoms with Gasteiger partial charge in [0.05, 0.1) is 25.9 Å². The van der Waals surface area contributed by atoms with Crippen molar-refractivity contribution >= 4 is 17.6 Å². The third-order valence-corrected chi connectivity index (χ3v) is 3.89. The Morgan fingerprint density at radius 1 is 1.04 bits per heavy atom. The Morgan fingerprint density at radius 2 is 1.74 bits per heavy atom. The second-order valence-electron chi connectivity index (χ2n) is 5.93. The number of anilines is 1. The Morgan fingerprint density at radius 3 is 2.37 bits per heavy atom. The van der Waals surface area contributed by atoms with Crippen LogP contribution < -0.4 is 14.8 Å². The molecule has 0 spiro atoms. The molecule has 0 heterocycles. The predicted octanol–water partition coefficient (Wildman–Crippen LogP) is 3.98. The summed E-state index contributed by atoms with van der Waals surface area (Å²) in [6.07, 6.45) is 0.938. The lowest BCUT2D eigenvalue weighted by Crippen LogP contribution is -2.14. The van der Waals surface area contributed by atoms with E-state index in [9.17, 15) is 9.59 Å². The number of hydrogen-bond acceptors (Lipinski definition) is 5. The highest BCUT2D eigenvalue weighted by Gasteiger charge is 2.10. The molecule has 2 rings (SSSR count). The van der Waals surface area contributed by atoms with Crippen molar-refractivity contribution in [2.24, 2.45) is 0 Å². The zero-order valence-electron chi connectivity index (χ0n) is 15.9. The fraction of sp³-hybridized carbons (Fsp3) is 0.333. The van der Waals surface area contributed by atoms with Gasteiger partial charge in [-0.3, -0.25) is 4.79 Å². The summed E-state index contributed by atoms with van der Waals surface area (Å²) in [6.45, 7) is 4.37. The molecule has 0 saturated heterocycles. The van der Waals surface area contributed by atoms with Crippen LogP contribution in [0, 0.1) is 6.92 Å². The fourth-order valence-corrected chi connectivity index (χ4v) is 2.45. The molecule has 2 aromatic rings. The number of carbonyl (C=O) groups excluding carboxylic acids is 2. The molecule has 0 fully saturated rings. The van der Waals surface area contributed by atoms with Crippen LogP contribution in [0.1, 0.15) is 35.7 Å². The molecule has 1 N–H and O–H groups in total. The number of aryl methyl sites for hydroxylation is 1. The van der Waals surface area contributed by atoms with Gasteiger partial charge in [0.2, 0.25) is 5.91 Å². The van der Waals surface area contributed by atoms with Crippen LogP contribution in [0.15, 0.2) is 42.5 Å². The Hall–Kier alpha value is -3.02. The van der Waals surface area contributed by atoms with Crippen LogP contribution in [0.4, 0.5) is 5.69 Å². The quantitative estimate of drug-likeness (QED) is 0.533. The topological polar surface area (TPSA) is 73.9 Å². The number of rotatable bonds is 9. The highest BCUT2D eigenvalue weighted by molar-refractivity contribution is 5.94. The van der Waals surface area contributed by atoms with Crippen LogP contribution >= 0.6 is 0 Å². The standard InChI is InChI=1S/C21H25NO5/c1-4-26-21(24)16-7-12-19(15(2)14-16)22-20(23)6-5-13-27-18-10-8-17(25-3)9-11-18/h7-12,14H,4-6,13H2,1-3H3,(H,22,23). The molecule has 0 aliphatic rings. The van der Waals surface area contributed by atoms with E-state index in [4.69, 9.17) is 14.2 Å². The van der Waals surface area contributed by atoms with Gasteiger partial charge in [-0.15, -0.1) is 0 Å². The van der Waals surface area contributed by atoms with Crippen LogP contribution in [0.2, 0.25) is 0 Å². The molecule has 0 radical (unpaired) electrons. The number of methoxy groups -OCH3 is 1. The number of amides is 1. The summed E-state index contributed by atoms with van der Waals surface area (Å²) in [5.74, 6) is 1.04. The van der Waals surface area contributed by atoms with E-state index in [1.54, 1.807) is 32.2 Å². The summed E-state index contributed by atoms with van der Waals surface area (Å²) in [4.78, 5) is 23.8. The van der Waals surface area contributed by atoms with Gasteiger partial charge in [-0.2, -0.15) is 0 Å². The van der Waals surface area contributed by atoms with Gasteiger partial charge in [0.25, 0.3) is 0 Å². The average molecular weight is 371 g/mol. The van der Waals surface area contributed by atoms with Gasteiger partial charge in [-0.05, 0) is 68.3 Å². The minimum atomic E-state index is -0.367. The molecule has 0 aromatic heterocycles. The zero-order valence-corrected chi connectivity index (χ0v) is 15.9. The highest BCUT2D eigenvalue weighted by atomic mass is 16.5. The van der Waals surface area contributed by atoms with Crippen LogP contribution in [0.5, 0.6) is 11.5 Å². The van der Waals surface area contributed by atoms with Crippen molar-refractivity contribution < 1.29 is 23.8 Å². The van der Waals surface area contributed by atoms with Gasteiger partial charge in [-0.1, -0.05) is 0 Å². The molecule has 0 aliphatic heterocycles. The summed E-state index contributed by atoms with van der Waals surface area (Å²) in [5, 5.41) is 2.86. The first-order valence-corrected chi connectivity index (χ1v) is 8.88. The second-order valence-corrected chi connectivity index (χ2v) is 5.93. The van der Waals surface area contributed by atoms with Crippen LogP contribution in [-0.2, 0) is 9.53 Å². The zero-order chi connectivity index (χ0) is 19.6. The lowest BCUT2D eigenvalue weighted by Gasteiger charge is -2.10. The molecule has 0 unspecified atom stereocenters. The third kappa shape index (κ3) is 6.33. The summed E-state index contributed by atoms with van der Waals surface area (Å²) < 4.78 is 15.7. The Kier molecular flexibility index (Phi) is 7.67. The Balaban J connectivity index is 1.77. The first kappa shape index (κ1) is 20.3. The van der Waals surface area contributed by atoms with Crippen molar-refractivity contribution in [2.75, 3.05) is 25.6 Å². The van der Waals surface area contributed by atoms with E-state index >= 15 is 0 Å². The van der Waals surface area contributed by atoms with E-state index in [-0.39, 0.29) is 11.9 Å². The van der Waals surface area contributed by atoms with E-state index < -0.39 is 0 Å². The van der Waals surface area contributed by atoms with E-state index in [0.717, 1.165) is 17.1 Å². The van der Waals surface area contributed by atoms with E-state index in [0.29, 0.717) is 37.3 Å². The van der Waals surface area contributed by atoms with Crippen molar-refractivity contribution in [3.8, 4) is 11.5 Å².